The molecule has 3 rings (SSSR count). The van der Waals surface area contributed by atoms with Gasteiger partial charge in [0.15, 0.2) is 5.13 Å². The number of aromatic nitrogens is 2. The Hall–Kier alpha value is -2.85. The van der Waals surface area contributed by atoms with E-state index in [1.54, 1.807) is 11.3 Å². The van der Waals surface area contributed by atoms with Crippen LogP contribution in [0.1, 0.15) is 27.7 Å². The number of nitrogens with one attached hydrogen (secondary N) is 2. The SMILES string of the molecule is CC(C)Nc1nc(-c2cc(OC(C)C)c3ccc(NCC#N)cc3n2)cs1. The molecule has 6 nitrogen and oxygen atoms in total. The number of rotatable bonds is 7. The van der Waals surface area contributed by atoms with Crippen LogP contribution in [0, 0.1) is 11.3 Å². The van der Waals surface area contributed by atoms with Crippen LogP contribution in [-0.2, 0) is 0 Å². The maximum atomic E-state index is 8.78. The van der Waals surface area contributed by atoms with Gasteiger partial charge in [-0.3, -0.25) is 0 Å². The maximum absolute atomic E-state index is 8.78. The summed E-state index contributed by atoms with van der Waals surface area (Å²) >= 11 is 1.56. The highest BCUT2D eigenvalue weighted by atomic mass is 32.1. The summed E-state index contributed by atoms with van der Waals surface area (Å²) in [5.74, 6) is 0.781. The zero-order valence-corrected chi connectivity index (χ0v) is 16.7. The molecule has 0 spiro atoms. The molecule has 27 heavy (non-hydrogen) atoms. The Morgan fingerprint density at radius 2 is 1.96 bits per heavy atom. The molecule has 0 aliphatic heterocycles. The van der Waals surface area contributed by atoms with Crippen LogP contribution in [0.3, 0.4) is 0 Å². The molecule has 0 fully saturated rings. The number of anilines is 2. The average molecular weight is 382 g/mol. The molecule has 0 unspecified atom stereocenters. The lowest BCUT2D eigenvalue weighted by molar-refractivity contribution is 0.245. The molecule has 0 bridgehead atoms. The van der Waals surface area contributed by atoms with Gasteiger partial charge in [0.05, 0.1) is 23.4 Å². The van der Waals surface area contributed by atoms with Gasteiger partial charge in [-0.2, -0.15) is 5.26 Å². The Labute approximate surface area is 163 Å². The number of benzene rings is 1. The van der Waals surface area contributed by atoms with Gasteiger partial charge < -0.3 is 15.4 Å². The molecule has 3 aromatic rings. The van der Waals surface area contributed by atoms with Gasteiger partial charge >= 0.3 is 0 Å². The fourth-order valence-electron chi connectivity index (χ4n) is 2.64. The molecule has 7 heteroatoms. The minimum atomic E-state index is 0.0495. The zero-order valence-electron chi connectivity index (χ0n) is 15.9. The summed E-state index contributed by atoms with van der Waals surface area (Å²) in [6, 6.07) is 10.2. The lowest BCUT2D eigenvalue weighted by atomic mass is 10.1. The molecule has 0 amide bonds. The lowest BCUT2D eigenvalue weighted by Crippen LogP contribution is -2.09. The van der Waals surface area contributed by atoms with Gasteiger partial charge in [-0.15, -0.1) is 11.3 Å². The fraction of sp³-hybridized carbons (Fsp3) is 0.350. The van der Waals surface area contributed by atoms with Crippen molar-refractivity contribution in [3.05, 3.63) is 29.6 Å². The molecule has 2 heterocycles. The van der Waals surface area contributed by atoms with Crippen molar-refractivity contribution in [2.75, 3.05) is 17.2 Å². The normalized spacial score (nSPS) is 11.0. The number of fused-ring (bicyclic) bond motifs is 1. The molecule has 0 radical (unpaired) electrons. The van der Waals surface area contributed by atoms with Crippen LogP contribution < -0.4 is 15.4 Å². The average Bonchev–Trinajstić information content (AvgIpc) is 3.06. The summed E-state index contributed by atoms with van der Waals surface area (Å²) in [7, 11) is 0. The third kappa shape index (κ3) is 4.66. The summed E-state index contributed by atoms with van der Waals surface area (Å²) in [6.07, 6.45) is 0.0495. The number of ether oxygens (including phenoxy) is 1. The second kappa shape index (κ2) is 8.23. The van der Waals surface area contributed by atoms with Crippen molar-refractivity contribution in [1.82, 2.24) is 9.97 Å². The van der Waals surface area contributed by atoms with Crippen LogP contribution in [0.15, 0.2) is 29.6 Å². The summed E-state index contributed by atoms with van der Waals surface area (Å²) in [6.45, 7) is 8.42. The highest BCUT2D eigenvalue weighted by Gasteiger charge is 2.13. The van der Waals surface area contributed by atoms with E-state index in [1.165, 1.54) is 0 Å². The van der Waals surface area contributed by atoms with E-state index in [-0.39, 0.29) is 12.6 Å². The van der Waals surface area contributed by atoms with Crippen molar-refractivity contribution >= 4 is 33.1 Å². The van der Waals surface area contributed by atoms with Crippen LogP contribution in [0.2, 0.25) is 0 Å². The minimum Gasteiger partial charge on any atom is -0.490 e. The van der Waals surface area contributed by atoms with Gasteiger partial charge in [0.25, 0.3) is 0 Å². The molecule has 0 aliphatic rings. The van der Waals surface area contributed by atoms with E-state index in [0.717, 1.165) is 38.9 Å². The molecular formula is C20H23N5OS. The molecule has 0 saturated carbocycles. The first-order valence-electron chi connectivity index (χ1n) is 8.91. The summed E-state index contributed by atoms with van der Waals surface area (Å²) in [5.41, 5.74) is 3.24. The molecule has 2 N–H and O–H groups in total. The van der Waals surface area contributed by atoms with Crippen LogP contribution in [0.25, 0.3) is 22.3 Å². The number of nitriles is 1. The van der Waals surface area contributed by atoms with Gasteiger partial charge in [-0.05, 0) is 45.9 Å². The van der Waals surface area contributed by atoms with Crippen LogP contribution in [0.4, 0.5) is 10.8 Å². The fourth-order valence-corrected chi connectivity index (χ4v) is 3.49. The Balaban J connectivity index is 2.06. The first kappa shape index (κ1) is 18.9. The van der Waals surface area contributed by atoms with E-state index in [2.05, 4.69) is 35.5 Å². The van der Waals surface area contributed by atoms with Crippen LogP contribution >= 0.6 is 11.3 Å². The van der Waals surface area contributed by atoms with Gasteiger partial charge in [0, 0.05) is 28.6 Å². The second-order valence-corrected chi connectivity index (χ2v) is 7.61. The number of hydrogen-bond donors (Lipinski definition) is 2. The third-order valence-corrected chi connectivity index (χ3v) is 4.46. The first-order chi connectivity index (χ1) is 13.0. The molecule has 0 atom stereocenters. The van der Waals surface area contributed by atoms with Crippen molar-refractivity contribution < 1.29 is 4.74 Å². The first-order valence-corrected chi connectivity index (χ1v) is 9.79. The topological polar surface area (TPSA) is 82.9 Å². The minimum absolute atomic E-state index is 0.0495. The Morgan fingerprint density at radius 3 is 2.67 bits per heavy atom. The number of nitrogens with zero attached hydrogens (tertiary/aromatic N) is 3. The molecule has 2 aromatic heterocycles. The van der Waals surface area contributed by atoms with Crippen LogP contribution in [-0.4, -0.2) is 28.7 Å². The highest BCUT2D eigenvalue weighted by Crippen LogP contribution is 2.33. The predicted molar refractivity (Wildman–Crippen MR) is 111 cm³/mol. The van der Waals surface area contributed by atoms with Crippen molar-refractivity contribution in [2.24, 2.45) is 0 Å². The van der Waals surface area contributed by atoms with E-state index >= 15 is 0 Å². The molecule has 1 aromatic carbocycles. The number of thiazole rings is 1. The number of hydrogen-bond acceptors (Lipinski definition) is 7. The second-order valence-electron chi connectivity index (χ2n) is 6.75. The summed E-state index contributed by atoms with van der Waals surface area (Å²) in [5, 5.41) is 19.0. The van der Waals surface area contributed by atoms with E-state index in [9.17, 15) is 0 Å². The Bertz CT molecular complexity index is 974. The quantitative estimate of drug-likeness (QED) is 0.566. The van der Waals surface area contributed by atoms with Crippen molar-refractivity contribution in [1.29, 1.82) is 5.26 Å². The number of pyridine rings is 1. The molecular weight excluding hydrogens is 358 g/mol. The Morgan fingerprint density at radius 1 is 1.15 bits per heavy atom. The molecule has 0 aliphatic carbocycles. The maximum Gasteiger partial charge on any atom is 0.183 e. The van der Waals surface area contributed by atoms with Gasteiger partial charge in [0.2, 0.25) is 0 Å². The zero-order chi connectivity index (χ0) is 19.4. The van der Waals surface area contributed by atoms with Crippen LogP contribution in [0.5, 0.6) is 5.75 Å². The van der Waals surface area contributed by atoms with Crippen molar-refractivity contribution in [2.45, 2.75) is 39.8 Å². The highest BCUT2D eigenvalue weighted by molar-refractivity contribution is 7.14. The summed E-state index contributed by atoms with van der Waals surface area (Å²) < 4.78 is 6.03. The summed E-state index contributed by atoms with van der Waals surface area (Å²) in [4.78, 5) is 9.44. The van der Waals surface area contributed by atoms with Gasteiger partial charge in [-0.25, -0.2) is 9.97 Å². The molecule has 140 valence electrons. The standard InChI is InChI=1S/C20H23N5OS/c1-12(2)23-20-25-18(11-27-20)17-10-19(26-13(3)4)15-6-5-14(22-8-7-21)9-16(15)24-17/h5-6,9-13,22H,8H2,1-4H3,(H,23,25). The van der Waals surface area contributed by atoms with Crippen molar-refractivity contribution in [3.63, 3.8) is 0 Å². The Kier molecular flexibility index (Phi) is 5.77. The van der Waals surface area contributed by atoms with E-state index in [4.69, 9.17) is 15.0 Å². The smallest absolute Gasteiger partial charge is 0.183 e. The monoisotopic (exact) mass is 381 g/mol. The van der Waals surface area contributed by atoms with Crippen molar-refractivity contribution in [3.8, 4) is 23.2 Å². The van der Waals surface area contributed by atoms with Gasteiger partial charge in [-0.1, -0.05) is 0 Å². The third-order valence-electron chi connectivity index (χ3n) is 3.68. The largest absolute Gasteiger partial charge is 0.490 e. The van der Waals surface area contributed by atoms with Gasteiger partial charge in [0.1, 0.15) is 18.0 Å². The lowest BCUT2D eigenvalue weighted by Gasteiger charge is -2.14. The molecule has 0 saturated heterocycles. The van der Waals surface area contributed by atoms with E-state index < -0.39 is 0 Å². The van der Waals surface area contributed by atoms with E-state index in [1.807, 2.05) is 43.5 Å². The predicted octanol–water partition coefficient (Wildman–Crippen LogP) is 4.90. The van der Waals surface area contributed by atoms with E-state index in [0.29, 0.717) is 6.04 Å².